The molecule has 0 aromatic heterocycles. The van der Waals surface area contributed by atoms with E-state index in [1.807, 2.05) is 0 Å². The summed E-state index contributed by atoms with van der Waals surface area (Å²) < 4.78 is 0. The summed E-state index contributed by atoms with van der Waals surface area (Å²) in [6.07, 6.45) is 2.60. The van der Waals surface area contributed by atoms with Crippen LogP contribution in [0, 0.1) is 0 Å². The molecule has 3 heteroatoms. The zero-order valence-corrected chi connectivity index (χ0v) is 9.88. The third-order valence-corrected chi connectivity index (χ3v) is 2.33. The van der Waals surface area contributed by atoms with Gasteiger partial charge in [-0.25, -0.2) is 0 Å². The van der Waals surface area contributed by atoms with Crippen LogP contribution in [0.1, 0.15) is 27.7 Å². The highest BCUT2D eigenvalue weighted by atomic mass is 16.2. The molecule has 0 aromatic carbocycles. The van der Waals surface area contributed by atoms with E-state index in [1.54, 1.807) is 20.8 Å². The fraction of sp³-hybridized carbons (Fsp3) is 0.308. The molecular weight excluding hydrogens is 204 g/mol. The van der Waals surface area contributed by atoms with Gasteiger partial charge in [-0.15, -0.1) is 0 Å². The van der Waals surface area contributed by atoms with Gasteiger partial charge in [-0.1, -0.05) is 5.57 Å². The number of ketones is 3. The van der Waals surface area contributed by atoms with Crippen LogP contribution in [0.15, 0.2) is 34.4 Å². The van der Waals surface area contributed by atoms with Crippen molar-refractivity contribution in [1.82, 2.24) is 0 Å². The van der Waals surface area contributed by atoms with Crippen molar-refractivity contribution in [3.05, 3.63) is 34.4 Å². The molecule has 0 N–H and O–H groups in total. The molecule has 16 heavy (non-hydrogen) atoms. The Morgan fingerprint density at radius 2 is 1.75 bits per heavy atom. The smallest absolute Gasteiger partial charge is 0.190 e. The average molecular weight is 218 g/mol. The summed E-state index contributed by atoms with van der Waals surface area (Å²) in [4.78, 5) is 35.0. The van der Waals surface area contributed by atoms with E-state index in [4.69, 9.17) is 0 Å². The Kier molecular flexibility index (Phi) is 3.38. The summed E-state index contributed by atoms with van der Waals surface area (Å²) in [5, 5.41) is 0. The SMILES string of the molecule is CC(C)=CC(=O)C1=C(C)C(=O)C(C)=CC1=O. The first-order valence-electron chi connectivity index (χ1n) is 5.02. The molecule has 0 aliphatic heterocycles. The summed E-state index contributed by atoms with van der Waals surface area (Å²) in [7, 11) is 0. The molecule has 0 spiro atoms. The van der Waals surface area contributed by atoms with Gasteiger partial charge in [0.25, 0.3) is 0 Å². The maximum atomic E-state index is 11.7. The van der Waals surface area contributed by atoms with Gasteiger partial charge in [0.05, 0.1) is 5.57 Å². The quantitative estimate of drug-likeness (QED) is 0.404. The van der Waals surface area contributed by atoms with Crippen LogP contribution in [-0.4, -0.2) is 17.3 Å². The van der Waals surface area contributed by atoms with E-state index in [2.05, 4.69) is 0 Å². The van der Waals surface area contributed by atoms with Crippen molar-refractivity contribution < 1.29 is 14.4 Å². The molecule has 0 unspecified atom stereocenters. The molecule has 0 atom stereocenters. The molecule has 1 aliphatic rings. The van der Waals surface area contributed by atoms with Gasteiger partial charge >= 0.3 is 0 Å². The van der Waals surface area contributed by atoms with E-state index in [0.29, 0.717) is 5.57 Å². The molecule has 84 valence electrons. The lowest BCUT2D eigenvalue weighted by molar-refractivity contribution is -0.119. The van der Waals surface area contributed by atoms with Crippen LogP contribution < -0.4 is 0 Å². The molecule has 0 saturated carbocycles. The largest absolute Gasteiger partial charge is 0.289 e. The topological polar surface area (TPSA) is 51.2 Å². The number of rotatable bonds is 2. The second-order valence-corrected chi connectivity index (χ2v) is 4.11. The van der Waals surface area contributed by atoms with Gasteiger partial charge in [-0.05, 0) is 39.8 Å². The van der Waals surface area contributed by atoms with Gasteiger partial charge in [0.15, 0.2) is 17.3 Å². The number of Topliss-reactive ketones (excluding diaryl/α,β-unsaturated/α-hetero) is 1. The Bertz CT molecular complexity index is 469. The second kappa shape index (κ2) is 4.39. The zero-order chi connectivity index (χ0) is 12.5. The molecule has 0 bridgehead atoms. The predicted molar refractivity (Wildman–Crippen MR) is 60.9 cm³/mol. The van der Waals surface area contributed by atoms with Crippen molar-refractivity contribution in [3.63, 3.8) is 0 Å². The van der Waals surface area contributed by atoms with Crippen LogP contribution in [0.25, 0.3) is 0 Å². The summed E-state index contributed by atoms with van der Waals surface area (Å²) in [5.74, 6) is -0.998. The molecule has 0 amide bonds. The lowest BCUT2D eigenvalue weighted by atomic mass is 9.88. The number of allylic oxidation sites excluding steroid dienone is 6. The molecule has 0 radical (unpaired) electrons. The summed E-state index contributed by atoms with van der Waals surface area (Å²) >= 11 is 0. The van der Waals surface area contributed by atoms with E-state index in [9.17, 15) is 14.4 Å². The third kappa shape index (κ3) is 2.24. The zero-order valence-electron chi connectivity index (χ0n) is 9.88. The molecule has 1 rings (SSSR count). The predicted octanol–water partition coefficient (Wildman–Crippen LogP) is 1.94. The normalized spacial score (nSPS) is 16.1. The number of hydrogen-bond donors (Lipinski definition) is 0. The van der Waals surface area contributed by atoms with E-state index in [0.717, 1.165) is 5.57 Å². The van der Waals surface area contributed by atoms with Crippen LogP contribution in [0.3, 0.4) is 0 Å². The minimum absolute atomic E-state index is 0.00296. The molecule has 0 heterocycles. The first kappa shape index (κ1) is 12.3. The van der Waals surface area contributed by atoms with E-state index in [1.165, 1.54) is 19.1 Å². The first-order valence-corrected chi connectivity index (χ1v) is 5.02. The number of carbonyl (C=O) groups excluding carboxylic acids is 3. The van der Waals surface area contributed by atoms with Crippen LogP contribution in [0.4, 0.5) is 0 Å². The van der Waals surface area contributed by atoms with Crippen LogP contribution in [0.2, 0.25) is 0 Å². The van der Waals surface area contributed by atoms with Gasteiger partial charge < -0.3 is 0 Å². The van der Waals surface area contributed by atoms with Crippen LogP contribution >= 0.6 is 0 Å². The summed E-state index contributed by atoms with van der Waals surface area (Å²) in [6, 6.07) is 0. The average Bonchev–Trinajstić information content (AvgIpc) is 2.13. The van der Waals surface area contributed by atoms with Crippen molar-refractivity contribution >= 4 is 17.3 Å². The molecule has 3 nitrogen and oxygen atoms in total. The highest BCUT2D eigenvalue weighted by Gasteiger charge is 2.26. The lowest BCUT2D eigenvalue weighted by Gasteiger charge is -2.12. The maximum absolute atomic E-state index is 11.7. The number of hydrogen-bond acceptors (Lipinski definition) is 3. The van der Waals surface area contributed by atoms with Crippen LogP contribution in [-0.2, 0) is 14.4 Å². The Labute approximate surface area is 94.5 Å². The molecule has 0 aromatic rings. The minimum atomic E-state index is -0.389. The second-order valence-electron chi connectivity index (χ2n) is 4.11. The lowest BCUT2D eigenvalue weighted by Crippen LogP contribution is -2.21. The number of carbonyl (C=O) groups is 3. The standard InChI is InChI=1S/C13H14O3/c1-7(2)5-10(14)12-9(4)13(16)8(3)6-11(12)15/h5-6H,1-4H3. The Hall–Kier alpha value is -1.77. The van der Waals surface area contributed by atoms with Crippen molar-refractivity contribution in [2.45, 2.75) is 27.7 Å². The van der Waals surface area contributed by atoms with Crippen LogP contribution in [0.5, 0.6) is 0 Å². The first-order chi connectivity index (χ1) is 7.34. The summed E-state index contributed by atoms with van der Waals surface area (Å²) in [5.41, 5.74) is 1.43. The van der Waals surface area contributed by atoms with Crippen molar-refractivity contribution in [1.29, 1.82) is 0 Å². The monoisotopic (exact) mass is 218 g/mol. The van der Waals surface area contributed by atoms with Gasteiger partial charge in [-0.2, -0.15) is 0 Å². The molecule has 0 fully saturated rings. The fourth-order valence-corrected chi connectivity index (χ4v) is 1.57. The third-order valence-electron chi connectivity index (χ3n) is 2.33. The van der Waals surface area contributed by atoms with Gasteiger partial charge in [0.1, 0.15) is 0 Å². The summed E-state index contributed by atoms with van der Waals surface area (Å²) in [6.45, 7) is 6.63. The van der Waals surface area contributed by atoms with Gasteiger partial charge in [0, 0.05) is 11.1 Å². The Balaban J connectivity index is 3.24. The molecule has 1 aliphatic carbocycles. The van der Waals surface area contributed by atoms with E-state index < -0.39 is 0 Å². The fourth-order valence-electron chi connectivity index (χ4n) is 1.57. The highest BCUT2D eigenvalue weighted by Crippen LogP contribution is 2.20. The molecular formula is C13H14O3. The van der Waals surface area contributed by atoms with Gasteiger partial charge in [0.2, 0.25) is 0 Å². The van der Waals surface area contributed by atoms with E-state index >= 15 is 0 Å². The van der Waals surface area contributed by atoms with Crippen molar-refractivity contribution in [3.8, 4) is 0 Å². The Morgan fingerprint density at radius 3 is 2.25 bits per heavy atom. The van der Waals surface area contributed by atoms with Gasteiger partial charge in [-0.3, -0.25) is 14.4 Å². The Morgan fingerprint density at radius 1 is 1.19 bits per heavy atom. The van der Waals surface area contributed by atoms with Crippen molar-refractivity contribution in [2.75, 3.05) is 0 Å². The minimum Gasteiger partial charge on any atom is -0.289 e. The highest BCUT2D eigenvalue weighted by molar-refractivity contribution is 6.35. The van der Waals surface area contributed by atoms with E-state index in [-0.39, 0.29) is 28.5 Å². The maximum Gasteiger partial charge on any atom is 0.190 e. The van der Waals surface area contributed by atoms with Crippen molar-refractivity contribution in [2.24, 2.45) is 0 Å². The molecule has 0 saturated heterocycles.